The molecule has 1 fully saturated rings. The van der Waals surface area contributed by atoms with Crippen LogP contribution in [0.2, 0.25) is 43.8 Å². The molecule has 0 spiro atoms. The van der Waals surface area contributed by atoms with Gasteiger partial charge in [-0.2, -0.15) is 0 Å². The van der Waals surface area contributed by atoms with Gasteiger partial charge in [-0.25, -0.2) is 8.78 Å². The van der Waals surface area contributed by atoms with E-state index in [1.807, 2.05) is 30.3 Å². The first-order valence-corrected chi connectivity index (χ1v) is 26.8. The lowest BCUT2D eigenvalue weighted by Gasteiger charge is -2.48. The molecule has 296 valence electrons. The number of halogens is 3. The quantitative estimate of drug-likeness (QED) is 0.0328. The molecule has 11 heteroatoms. The van der Waals surface area contributed by atoms with Crippen molar-refractivity contribution in [1.29, 1.82) is 0 Å². The van der Waals surface area contributed by atoms with Crippen molar-refractivity contribution in [2.24, 2.45) is 5.92 Å². The third kappa shape index (κ3) is 11.4. The van der Waals surface area contributed by atoms with Crippen LogP contribution in [0, 0.1) is 17.6 Å². The van der Waals surface area contributed by atoms with Crippen LogP contribution in [0.3, 0.4) is 0 Å². The molecule has 1 aliphatic heterocycles. The van der Waals surface area contributed by atoms with Crippen LogP contribution >= 0.6 is 15.9 Å². The molecule has 3 atom stereocenters. The van der Waals surface area contributed by atoms with Crippen LogP contribution in [0.25, 0.3) is 0 Å². The maximum absolute atomic E-state index is 14.2. The lowest BCUT2D eigenvalue weighted by Crippen LogP contribution is -2.55. The molecular formula is C44H56BrF2NO5Si2. The van der Waals surface area contributed by atoms with Crippen molar-refractivity contribution in [3.05, 3.63) is 125 Å². The highest BCUT2D eigenvalue weighted by molar-refractivity contribution is 9.08. The summed E-state index contributed by atoms with van der Waals surface area (Å²) in [6, 6.07) is 27.1. The Hall–Kier alpha value is -3.36. The normalized spacial score (nSPS) is 16.9. The van der Waals surface area contributed by atoms with Crippen molar-refractivity contribution in [3.63, 3.8) is 0 Å². The molecule has 1 amide bonds. The Bertz CT molecular complexity index is 1860. The van der Waals surface area contributed by atoms with E-state index in [0.717, 1.165) is 28.1 Å². The topological polar surface area (TPSA) is 57.2 Å². The minimum atomic E-state index is -2.26. The van der Waals surface area contributed by atoms with Crippen LogP contribution < -0.4 is 14.4 Å². The molecule has 5 rings (SSSR count). The highest BCUT2D eigenvalue weighted by Gasteiger charge is 2.50. The highest BCUT2D eigenvalue weighted by atomic mass is 79.9. The molecular weight excluding hydrogens is 797 g/mol. The second-order valence-electron chi connectivity index (χ2n) is 17.2. The average Bonchev–Trinajstić information content (AvgIpc) is 3.13. The summed E-state index contributed by atoms with van der Waals surface area (Å²) in [6.45, 7) is 18.9. The van der Waals surface area contributed by atoms with Gasteiger partial charge in [-0.15, -0.1) is 0 Å². The number of hydrogen-bond donors (Lipinski definition) is 0. The largest absolute Gasteiger partial charge is 0.489 e. The number of alkyl halides is 1. The zero-order chi connectivity index (χ0) is 40.0. The lowest BCUT2D eigenvalue weighted by atomic mass is 9.78. The van der Waals surface area contributed by atoms with Crippen molar-refractivity contribution in [2.45, 2.75) is 102 Å². The molecule has 0 radical (unpaired) electrons. The summed E-state index contributed by atoms with van der Waals surface area (Å²) < 4.78 is 53.7. The van der Waals surface area contributed by atoms with E-state index in [1.54, 1.807) is 29.2 Å². The van der Waals surface area contributed by atoms with Crippen LogP contribution in [0.1, 0.15) is 68.0 Å². The molecule has 4 aromatic carbocycles. The molecule has 55 heavy (non-hydrogen) atoms. The monoisotopic (exact) mass is 851 g/mol. The Morgan fingerprint density at radius 3 is 2.04 bits per heavy atom. The Morgan fingerprint density at radius 2 is 1.44 bits per heavy atom. The number of carbonyl (C=O) groups excluding carboxylic acids is 1. The van der Waals surface area contributed by atoms with Crippen LogP contribution in [0.4, 0.5) is 14.5 Å². The summed E-state index contributed by atoms with van der Waals surface area (Å²) in [6.07, 6.45) is 0.727. The van der Waals surface area contributed by atoms with E-state index in [9.17, 15) is 13.6 Å². The predicted octanol–water partition coefficient (Wildman–Crippen LogP) is 12.4. The minimum Gasteiger partial charge on any atom is -0.489 e. The van der Waals surface area contributed by atoms with E-state index < -0.39 is 28.4 Å². The van der Waals surface area contributed by atoms with E-state index in [2.05, 4.69) is 81.6 Å². The number of hydrogen-bond acceptors (Lipinski definition) is 5. The van der Waals surface area contributed by atoms with E-state index in [1.165, 1.54) is 29.8 Å². The van der Waals surface area contributed by atoms with Crippen LogP contribution in [-0.2, 0) is 25.9 Å². The third-order valence-corrected chi connectivity index (χ3v) is 17.6. The predicted molar refractivity (Wildman–Crippen MR) is 226 cm³/mol. The number of carbonyl (C=O) groups is 1. The Balaban J connectivity index is 1.47. The fraction of sp³-hybridized carbons (Fsp3) is 0.432. The van der Waals surface area contributed by atoms with Gasteiger partial charge in [0, 0.05) is 37.3 Å². The van der Waals surface area contributed by atoms with Gasteiger partial charge < -0.3 is 23.5 Å². The second kappa shape index (κ2) is 18.3. The Kier molecular flexibility index (Phi) is 14.2. The van der Waals surface area contributed by atoms with E-state index in [4.69, 9.17) is 18.6 Å². The molecule has 6 nitrogen and oxygen atoms in total. The first kappa shape index (κ1) is 42.8. The molecule has 0 saturated carbocycles. The van der Waals surface area contributed by atoms with Gasteiger partial charge in [-0.1, -0.05) is 92.7 Å². The summed E-state index contributed by atoms with van der Waals surface area (Å²) in [5, 5.41) is 0.732. The Morgan fingerprint density at radius 1 is 0.818 bits per heavy atom. The van der Waals surface area contributed by atoms with Crippen molar-refractivity contribution in [3.8, 4) is 11.5 Å². The molecule has 0 aromatic heterocycles. The first-order chi connectivity index (χ1) is 26.0. The summed E-state index contributed by atoms with van der Waals surface area (Å²) in [5.41, 5.74) is 4.51. The zero-order valence-corrected chi connectivity index (χ0v) is 37.1. The van der Waals surface area contributed by atoms with Gasteiger partial charge >= 0.3 is 0 Å². The summed E-state index contributed by atoms with van der Waals surface area (Å²) in [5.74, 6) is 0.00766. The number of amides is 1. The van der Waals surface area contributed by atoms with Crippen molar-refractivity contribution in [2.75, 3.05) is 18.3 Å². The van der Waals surface area contributed by atoms with Crippen LogP contribution in [0.15, 0.2) is 91.0 Å². The van der Waals surface area contributed by atoms with Gasteiger partial charge in [-0.05, 0) is 102 Å². The molecule has 0 bridgehead atoms. The maximum Gasteiger partial charge on any atom is 0.233 e. The molecule has 1 heterocycles. The number of rotatable bonds is 18. The lowest BCUT2D eigenvalue weighted by molar-refractivity contribution is -0.131. The van der Waals surface area contributed by atoms with Gasteiger partial charge in [0.2, 0.25) is 5.91 Å². The SMILES string of the molecule is CC(C)(C)[Si](C)(C)O[C@@H](CCC1C(=O)N(c2ccc(F)cc2)[C@@H]1c1ccc(OCc2ccc(CBr)cc2)cc1OCOCC[Si](C)(C)C)c1ccc(F)cc1. The number of anilines is 1. The smallest absolute Gasteiger partial charge is 0.233 e. The standard InChI is InChI=1S/C44H56BrF2NO5Si2/c1-44(2,3)55(7,8)53-40(33-13-15-34(46)16-14-33)24-23-39-42(48(43(39)49)36-19-17-35(47)18-20-36)38-22-21-37(51-29-32-11-9-31(28-45)10-12-32)27-41(38)52-30-50-25-26-54(4,5)6/h9-22,27,39-40,42H,23-26,28-30H2,1-8H3/t39?,40-,42+/m0/s1. The Labute approximate surface area is 336 Å². The van der Waals surface area contributed by atoms with E-state index in [0.29, 0.717) is 43.2 Å². The van der Waals surface area contributed by atoms with Crippen molar-refractivity contribution < 1.29 is 32.2 Å². The fourth-order valence-corrected chi connectivity index (χ4v) is 8.77. The van der Waals surface area contributed by atoms with Crippen molar-refractivity contribution in [1.82, 2.24) is 0 Å². The number of ether oxygens (including phenoxy) is 3. The maximum atomic E-state index is 14.2. The number of benzene rings is 4. The molecule has 0 N–H and O–H groups in total. The fourth-order valence-electron chi connectivity index (χ4n) is 6.32. The highest BCUT2D eigenvalue weighted by Crippen LogP contribution is 2.50. The van der Waals surface area contributed by atoms with Gasteiger partial charge in [-0.3, -0.25) is 4.79 Å². The van der Waals surface area contributed by atoms with Gasteiger partial charge in [0.25, 0.3) is 0 Å². The molecule has 0 aliphatic carbocycles. The number of β-lactam (4-membered cyclic amide) rings is 1. The first-order valence-electron chi connectivity index (χ1n) is 19.1. The van der Waals surface area contributed by atoms with Crippen LogP contribution in [0.5, 0.6) is 11.5 Å². The second-order valence-corrected chi connectivity index (χ2v) is 28.1. The molecule has 4 aromatic rings. The van der Waals surface area contributed by atoms with Crippen LogP contribution in [-0.4, -0.2) is 35.7 Å². The van der Waals surface area contributed by atoms with E-state index >= 15 is 0 Å². The molecule has 1 saturated heterocycles. The zero-order valence-electron chi connectivity index (χ0n) is 33.5. The molecule has 1 unspecified atom stereocenters. The van der Waals surface area contributed by atoms with Gasteiger partial charge in [0.05, 0.1) is 18.1 Å². The summed E-state index contributed by atoms with van der Waals surface area (Å²) >= 11 is 3.50. The van der Waals surface area contributed by atoms with E-state index in [-0.39, 0.29) is 35.5 Å². The third-order valence-electron chi connectivity index (χ3n) is 10.7. The van der Waals surface area contributed by atoms with Gasteiger partial charge in [0.1, 0.15) is 29.7 Å². The number of nitrogens with zero attached hydrogens (tertiary/aromatic N) is 1. The molecule has 1 aliphatic rings. The minimum absolute atomic E-state index is 0.0455. The summed E-state index contributed by atoms with van der Waals surface area (Å²) in [7, 11) is -3.57. The average molecular weight is 853 g/mol. The van der Waals surface area contributed by atoms with Crippen molar-refractivity contribution >= 4 is 43.9 Å². The van der Waals surface area contributed by atoms with Gasteiger partial charge in [0.15, 0.2) is 15.1 Å². The summed E-state index contributed by atoms with van der Waals surface area (Å²) in [4.78, 5) is 15.9.